The molecule has 0 aliphatic heterocycles. The molecule has 0 unspecified atom stereocenters. The number of carboxylic acids is 1. The van der Waals surface area contributed by atoms with Gasteiger partial charge in [-0.1, -0.05) is 43.3 Å². The van der Waals surface area contributed by atoms with Crippen molar-refractivity contribution in [2.45, 2.75) is 25.0 Å². The Labute approximate surface area is 219 Å². The number of fused-ring (bicyclic) bond motifs is 1. The molecule has 12 heteroatoms. The molecular formula is C27H22F3N5O4. The fourth-order valence-corrected chi connectivity index (χ4v) is 4.15. The lowest BCUT2D eigenvalue weighted by molar-refractivity contribution is -0.0134. The molecule has 5 rings (SSSR count). The Kier molecular flexibility index (Phi) is 7.86. The first-order valence-electron chi connectivity index (χ1n) is 11.5. The minimum Gasteiger partial charge on any atom is -0.506 e. The van der Waals surface area contributed by atoms with Crippen LogP contribution >= 0.6 is 0 Å². The minimum atomic E-state index is -1.96. The molecular weight excluding hydrogens is 515 g/mol. The van der Waals surface area contributed by atoms with E-state index in [-0.39, 0.29) is 29.1 Å². The van der Waals surface area contributed by atoms with Crippen LogP contribution in [0.1, 0.15) is 34.5 Å². The van der Waals surface area contributed by atoms with E-state index in [1.54, 1.807) is 18.2 Å². The van der Waals surface area contributed by atoms with Gasteiger partial charge < -0.3 is 15.3 Å². The zero-order chi connectivity index (χ0) is 28.2. The summed E-state index contributed by atoms with van der Waals surface area (Å²) in [6.45, 7) is 1.26. The van der Waals surface area contributed by atoms with E-state index in [0.29, 0.717) is 11.5 Å². The van der Waals surface area contributed by atoms with Gasteiger partial charge in [-0.2, -0.15) is 5.10 Å². The first-order chi connectivity index (χ1) is 18.6. The molecule has 9 nitrogen and oxygen atoms in total. The van der Waals surface area contributed by atoms with Crippen LogP contribution in [0, 0.1) is 17.5 Å². The van der Waals surface area contributed by atoms with Gasteiger partial charge in [-0.3, -0.25) is 0 Å². The van der Waals surface area contributed by atoms with Crippen LogP contribution in [-0.4, -0.2) is 46.0 Å². The second-order valence-corrected chi connectivity index (χ2v) is 8.61. The van der Waals surface area contributed by atoms with Gasteiger partial charge in [0.2, 0.25) is 0 Å². The van der Waals surface area contributed by atoms with Gasteiger partial charge >= 0.3 is 5.97 Å². The molecule has 39 heavy (non-hydrogen) atoms. The lowest BCUT2D eigenvalue weighted by atomic mass is 9.79. The van der Waals surface area contributed by atoms with Crippen molar-refractivity contribution in [3.63, 3.8) is 0 Å². The molecule has 0 saturated heterocycles. The van der Waals surface area contributed by atoms with Crippen molar-refractivity contribution in [3.8, 4) is 5.75 Å². The lowest BCUT2D eigenvalue weighted by Crippen LogP contribution is -2.39. The Balaban J connectivity index is 0.000000212. The summed E-state index contributed by atoms with van der Waals surface area (Å²) in [4.78, 5) is 21.9. The molecule has 0 amide bonds. The topological polar surface area (TPSA) is 134 Å². The maximum absolute atomic E-state index is 14.4. The molecule has 0 fully saturated rings. The highest BCUT2D eigenvalue weighted by atomic mass is 19.1. The van der Waals surface area contributed by atoms with Gasteiger partial charge in [0.25, 0.3) is 0 Å². The number of hydrogen-bond donors (Lipinski definition) is 3. The summed E-state index contributed by atoms with van der Waals surface area (Å²) in [6.07, 6.45) is 4.66. The number of aromatic nitrogens is 5. The number of aliphatic hydroxyl groups is 1. The maximum Gasteiger partial charge on any atom is 0.339 e. The van der Waals surface area contributed by atoms with Crippen molar-refractivity contribution in [3.05, 3.63) is 114 Å². The minimum absolute atomic E-state index is 0.0660. The van der Waals surface area contributed by atoms with E-state index in [2.05, 4.69) is 20.1 Å². The predicted molar refractivity (Wildman–Crippen MR) is 133 cm³/mol. The fraction of sp³-hybridized carbons (Fsp3) is 0.148. The van der Waals surface area contributed by atoms with Crippen molar-refractivity contribution >= 4 is 16.7 Å². The highest BCUT2D eigenvalue weighted by molar-refractivity contribution is 6.00. The van der Waals surface area contributed by atoms with Crippen molar-refractivity contribution < 1.29 is 33.3 Å². The molecule has 0 spiro atoms. The second-order valence-electron chi connectivity index (χ2n) is 8.61. The summed E-state index contributed by atoms with van der Waals surface area (Å²) in [5.74, 6) is -4.76. The van der Waals surface area contributed by atoms with Gasteiger partial charge in [0.15, 0.2) is 5.82 Å². The molecule has 0 saturated carbocycles. The Morgan fingerprint density at radius 2 is 1.79 bits per heavy atom. The van der Waals surface area contributed by atoms with Crippen molar-refractivity contribution in [1.82, 2.24) is 24.7 Å². The summed E-state index contributed by atoms with van der Waals surface area (Å²) in [5.41, 5.74) is -2.32. The lowest BCUT2D eigenvalue weighted by Gasteiger charge is -2.34. The third kappa shape index (κ3) is 5.70. The average molecular weight is 537 g/mol. The Morgan fingerprint density at radius 3 is 2.46 bits per heavy atom. The standard InChI is InChI=1S/C16H14F3N5O.C11H8O3/c1-10(15-14(19)5-20-7-22-15)16(25,6-24-9-21-8-23-24)12-3-2-11(17)4-13(12)18;12-10-8-4-2-1-3-7(8)5-6-9(10)11(13)14/h2-5,7-10,25H,6H2,1H3;1-6,12H,(H,13,14)/t10-,16+;/m0./s1. The van der Waals surface area contributed by atoms with Crippen LogP contribution in [-0.2, 0) is 12.1 Å². The molecule has 0 radical (unpaired) electrons. The summed E-state index contributed by atoms with van der Waals surface area (Å²) in [6, 6.07) is 13.0. The van der Waals surface area contributed by atoms with E-state index >= 15 is 0 Å². The number of nitrogens with zero attached hydrogens (tertiary/aromatic N) is 5. The Morgan fingerprint density at radius 1 is 1.03 bits per heavy atom. The summed E-state index contributed by atoms with van der Waals surface area (Å²) >= 11 is 0. The van der Waals surface area contributed by atoms with E-state index in [0.717, 1.165) is 30.0 Å². The Bertz CT molecular complexity index is 1620. The highest BCUT2D eigenvalue weighted by Crippen LogP contribution is 2.39. The molecule has 5 aromatic rings. The van der Waals surface area contributed by atoms with E-state index in [4.69, 9.17) is 5.11 Å². The number of phenols is 1. The van der Waals surface area contributed by atoms with Gasteiger partial charge in [0.05, 0.1) is 18.4 Å². The van der Waals surface area contributed by atoms with E-state index in [1.165, 1.54) is 30.3 Å². The van der Waals surface area contributed by atoms with E-state index < -0.39 is 34.9 Å². The fourth-order valence-electron chi connectivity index (χ4n) is 4.15. The zero-order valence-electron chi connectivity index (χ0n) is 20.4. The highest BCUT2D eigenvalue weighted by Gasteiger charge is 2.41. The zero-order valence-corrected chi connectivity index (χ0v) is 20.4. The molecule has 0 bridgehead atoms. The second kappa shape index (κ2) is 11.3. The summed E-state index contributed by atoms with van der Waals surface area (Å²) < 4.78 is 43.0. The molecule has 2 aromatic heterocycles. The van der Waals surface area contributed by atoms with Crippen molar-refractivity contribution in [2.75, 3.05) is 0 Å². The van der Waals surface area contributed by atoms with Gasteiger partial charge in [0.1, 0.15) is 47.5 Å². The number of halogens is 3. The predicted octanol–water partition coefficient (Wildman–Crippen LogP) is 4.42. The maximum atomic E-state index is 14.4. The van der Waals surface area contributed by atoms with Gasteiger partial charge in [-0.15, -0.1) is 0 Å². The van der Waals surface area contributed by atoms with Crippen LogP contribution in [0.3, 0.4) is 0 Å². The number of hydrogen-bond acceptors (Lipinski definition) is 7. The van der Waals surface area contributed by atoms with Crippen LogP contribution < -0.4 is 0 Å². The van der Waals surface area contributed by atoms with Crippen LogP contribution in [0.5, 0.6) is 5.75 Å². The number of benzene rings is 3. The average Bonchev–Trinajstić information content (AvgIpc) is 3.42. The molecule has 2 atom stereocenters. The SMILES string of the molecule is C[C@@H](c1ncncc1F)[C@](O)(Cn1cncn1)c1ccc(F)cc1F.O=C(O)c1ccc2ccccc2c1O. The van der Waals surface area contributed by atoms with E-state index in [9.17, 15) is 28.2 Å². The number of carboxylic acid groups (broad SMARTS) is 1. The van der Waals surface area contributed by atoms with Crippen LogP contribution in [0.25, 0.3) is 10.8 Å². The summed E-state index contributed by atoms with van der Waals surface area (Å²) in [7, 11) is 0. The third-order valence-corrected chi connectivity index (χ3v) is 6.22. The number of aromatic carboxylic acids is 1. The largest absolute Gasteiger partial charge is 0.506 e. The number of rotatable bonds is 6. The van der Waals surface area contributed by atoms with E-state index in [1.807, 2.05) is 12.1 Å². The number of aromatic hydroxyl groups is 1. The monoisotopic (exact) mass is 537 g/mol. The molecule has 200 valence electrons. The molecule has 3 N–H and O–H groups in total. The van der Waals surface area contributed by atoms with Crippen molar-refractivity contribution in [2.24, 2.45) is 0 Å². The van der Waals surface area contributed by atoms with Crippen LogP contribution in [0.15, 0.2) is 79.8 Å². The van der Waals surface area contributed by atoms with Gasteiger partial charge in [-0.05, 0) is 17.5 Å². The van der Waals surface area contributed by atoms with Gasteiger partial charge in [-0.25, -0.2) is 37.6 Å². The van der Waals surface area contributed by atoms with Crippen LogP contribution in [0.2, 0.25) is 0 Å². The molecule has 2 heterocycles. The molecule has 0 aliphatic carbocycles. The quantitative estimate of drug-likeness (QED) is 0.290. The normalized spacial score (nSPS) is 13.3. The Hall–Kier alpha value is -4.84. The number of carbonyl (C=O) groups is 1. The first-order valence-corrected chi connectivity index (χ1v) is 11.5. The van der Waals surface area contributed by atoms with Crippen LogP contribution in [0.4, 0.5) is 13.2 Å². The third-order valence-electron chi connectivity index (χ3n) is 6.22. The molecule has 0 aliphatic rings. The smallest absolute Gasteiger partial charge is 0.339 e. The first kappa shape index (κ1) is 27.2. The van der Waals surface area contributed by atoms with Crippen molar-refractivity contribution in [1.29, 1.82) is 0 Å². The summed E-state index contributed by atoms with van der Waals surface area (Å²) in [5, 5.41) is 35.0. The molecule has 3 aromatic carbocycles. The van der Waals surface area contributed by atoms with Gasteiger partial charge in [0, 0.05) is 22.9 Å².